The highest BCUT2D eigenvalue weighted by atomic mass is 19.4. The zero-order valence-corrected chi connectivity index (χ0v) is 18.7. The van der Waals surface area contributed by atoms with Crippen molar-refractivity contribution >= 4 is 17.6 Å². The first-order valence-corrected chi connectivity index (χ1v) is 10.8. The molecule has 2 aliphatic heterocycles. The molecule has 2 heterocycles. The lowest BCUT2D eigenvalue weighted by atomic mass is 10.1. The van der Waals surface area contributed by atoms with Crippen LogP contribution in [0.3, 0.4) is 0 Å². The van der Waals surface area contributed by atoms with E-state index < -0.39 is 11.7 Å². The topological polar surface area (TPSA) is 66.4 Å². The Balaban J connectivity index is 1.72. The summed E-state index contributed by atoms with van der Waals surface area (Å²) >= 11 is 0. The second-order valence-corrected chi connectivity index (χ2v) is 7.88. The maximum atomic E-state index is 13.4. The van der Waals surface area contributed by atoms with E-state index in [0.29, 0.717) is 62.0 Å². The second kappa shape index (κ2) is 9.66. The second-order valence-electron chi connectivity index (χ2n) is 7.88. The van der Waals surface area contributed by atoms with Gasteiger partial charge in [0.05, 0.1) is 18.2 Å². The van der Waals surface area contributed by atoms with E-state index in [1.807, 2.05) is 4.90 Å². The number of benzene rings is 2. The van der Waals surface area contributed by atoms with Crippen molar-refractivity contribution in [3.8, 4) is 17.2 Å². The molecule has 7 nitrogen and oxygen atoms in total. The van der Waals surface area contributed by atoms with E-state index in [-0.39, 0.29) is 17.5 Å². The molecule has 1 fully saturated rings. The number of hydrogen-bond donors (Lipinski definition) is 1. The molecule has 2 amide bonds. The molecule has 180 valence electrons. The number of amidine groups is 1. The van der Waals surface area contributed by atoms with E-state index in [9.17, 15) is 18.0 Å². The van der Waals surface area contributed by atoms with E-state index in [0.717, 1.165) is 12.1 Å². The van der Waals surface area contributed by atoms with Gasteiger partial charge in [0.1, 0.15) is 23.0 Å². The lowest BCUT2D eigenvalue weighted by Gasteiger charge is -2.25. The number of fused-ring (bicyclic) bond motifs is 2. The molecular weight excluding hydrogens is 449 g/mol. The van der Waals surface area contributed by atoms with E-state index in [1.54, 1.807) is 29.2 Å². The van der Waals surface area contributed by atoms with Gasteiger partial charge >= 0.3 is 12.2 Å². The molecule has 0 unspecified atom stereocenters. The molecule has 0 spiro atoms. The van der Waals surface area contributed by atoms with E-state index in [4.69, 9.17) is 9.47 Å². The van der Waals surface area contributed by atoms with Crippen molar-refractivity contribution in [3.63, 3.8) is 0 Å². The van der Waals surface area contributed by atoms with Gasteiger partial charge in [0.25, 0.3) is 0 Å². The summed E-state index contributed by atoms with van der Waals surface area (Å²) in [6.45, 7) is 5.96. The molecule has 0 aromatic heterocycles. The average Bonchev–Trinajstić information content (AvgIpc) is 3.16. The van der Waals surface area contributed by atoms with Gasteiger partial charge in [-0.1, -0.05) is 6.08 Å². The summed E-state index contributed by atoms with van der Waals surface area (Å²) in [5.41, 5.74) is -0.110. The molecule has 2 aliphatic rings. The summed E-state index contributed by atoms with van der Waals surface area (Å²) in [7, 11) is 1.53. The van der Waals surface area contributed by atoms with Crippen LogP contribution in [-0.4, -0.2) is 61.5 Å². The number of nitrogens with one attached hydrogen (secondary N) is 1. The largest absolute Gasteiger partial charge is 0.497 e. The first-order chi connectivity index (χ1) is 16.3. The number of alkyl halides is 3. The summed E-state index contributed by atoms with van der Waals surface area (Å²) in [6.07, 6.45) is -2.23. The van der Waals surface area contributed by atoms with Crippen LogP contribution in [0.5, 0.6) is 17.2 Å². The number of amides is 2. The van der Waals surface area contributed by atoms with Gasteiger partial charge in [-0.25, -0.2) is 9.79 Å². The standard InChI is InChI=1S/C24H25F3N4O3/c1-3-9-28-23(32)31-11-4-10-30(12-13-31)22-18-15-17(33-2)6-8-20(18)34-21-7-5-16(24(25,26)27)14-19(21)29-22/h3,5-8,14-15H,1,4,9-13H2,2H3,(H,28,32). The number of hydrogen-bond acceptors (Lipinski definition) is 5. The van der Waals surface area contributed by atoms with Crippen molar-refractivity contribution in [2.75, 3.05) is 39.8 Å². The summed E-state index contributed by atoms with van der Waals surface area (Å²) in [5.74, 6) is 1.73. The highest BCUT2D eigenvalue weighted by molar-refractivity contribution is 6.04. The molecule has 0 radical (unpaired) electrons. The van der Waals surface area contributed by atoms with Crippen LogP contribution in [0.2, 0.25) is 0 Å². The molecule has 0 aliphatic carbocycles. The highest BCUT2D eigenvalue weighted by Crippen LogP contribution is 2.42. The van der Waals surface area contributed by atoms with Gasteiger partial charge < -0.3 is 24.6 Å². The number of methoxy groups -OCH3 is 1. The minimum absolute atomic E-state index is 0.0878. The van der Waals surface area contributed by atoms with Crippen molar-refractivity contribution in [3.05, 3.63) is 60.2 Å². The number of nitrogens with zero attached hydrogens (tertiary/aromatic N) is 3. The van der Waals surface area contributed by atoms with E-state index in [2.05, 4.69) is 16.9 Å². The molecular formula is C24H25F3N4O3. The van der Waals surface area contributed by atoms with Crippen LogP contribution in [0.25, 0.3) is 0 Å². The third-order valence-electron chi connectivity index (χ3n) is 5.64. The van der Waals surface area contributed by atoms with Crippen molar-refractivity contribution in [1.29, 1.82) is 0 Å². The fourth-order valence-electron chi connectivity index (χ4n) is 3.90. The third kappa shape index (κ3) is 4.95. The number of carbonyl (C=O) groups excluding carboxylic acids is 1. The van der Waals surface area contributed by atoms with Crippen molar-refractivity contribution in [1.82, 2.24) is 15.1 Å². The molecule has 0 saturated carbocycles. The number of carbonyl (C=O) groups is 1. The lowest BCUT2D eigenvalue weighted by molar-refractivity contribution is -0.137. The molecule has 2 aromatic carbocycles. The third-order valence-corrected chi connectivity index (χ3v) is 5.64. The van der Waals surface area contributed by atoms with Crippen LogP contribution < -0.4 is 14.8 Å². The number of halogens is 3. The molecule has 0 atom stereocenters. The number of aliphatic imine (C=N–C) groups is 1. The van der Waals surface area contributed by atoms with Crippen LogP contribution in [-0.2, 0) is 6.18 Å². The van der Waals surface area contributed by atoms with E-state index >= 15 is 0 Å². The molecule has 34 heavy (non-hydrogen) atoms. The molecule has 2 aromatic rings. The van der Waals surface area contributed by atoms with Crippen LogP contribution in [0.15, 0.2) is 54.0 Å². The number of ether oxygens (including phenoxy) is 2. The first-order valence-electron chi connectivity index (χ1n) is 10.8. The predicted molar refractivity (Wildman–Crippen MR) is 122 cm³/mol. The summed E-state index contributed by atoms with van der Waals surface area (Å²) < 4.78 is 51.4. The van der Waals surface area contributed by atoms with Gasteiger partial charge in [-0.15, -0.1) is 6.58 Å². The van der Waals surface area contributed by atoms with Crippen LogP contribution >= 0.6 is 0 Å². The average molecular weight is 474 g/mol. The molecule has 1 saturated heterocycles. The van der Waals surface area contributed by atoms with E-state index in [1.165, 1.54) is 13.2 Å². The minimum atomic E-state index is -4.50. The number of rotatable bonds is 3. The van der Waals surface area contributed by atoms with Crippen molar-refractivity contribution in [2.45, 2.75) is 12.6 Å². The van der Waals surface area contributed by atoms with Gasteiger partial charge in [-0.3, -0.25) is 0 Å². The quantitative estimate of drug-likeness (QED) is 0.649. The smallest absolute Gasteiger partial charge is 0.416 e. The van der Waals surface area contributed by atoms with Gasteiger partial charge in [0.2, 0.25) is 0 Å². The summed E-state index contributed by atoms with van der Waals surface area (Å²) in [6, 6.07) is 8.26. The Labute approximate surface area is 195 Å². The molecule has 1 N–H and O–H groups in total. The zero-order chi connectivity index (χ0) is 24.3. The Bertz CT molecular complexity index is 1120. The Morgan fingerprint density at radius 2 is 1.97 bits per heavy atom. The van der Waals surface area contributed by atoms with Crippen LogP contribution in [0.4, 0.5) is 23.7 Å². The predicted octanol–water partition coefficient (Wildman–Crippen LogP) is 4.80. The van der Waals surface area contributed by atoms with Crippen LogP contribution in [0, 0.1) is 0 Å². The first kappa shape index (κ1) is 23.5. The Hall–Kier alpha value is -3.69. The fourth-order valence-corrected chi connectivity index (χ4v) is 3.90. The lowest BCUT2D eigenvalue weighted by Crippen LogP contribution is -2.42. The highest BCUT2D eigenvalue weighted by Gasteiger charge is 2.33. The van der Waals surface area contributed by atoms with Crippen molar-refractivity contribution in [2.24, 2.45) is 4.99 Å². The molecule has 0 bridgehead atoms. The zero-order valence-electron chi connectivity index (χ0n) is 18.7. The Morgan fingerprint density at radius 1 is 1.18 bits per heavy atom. The van der Waals surface area contributed by atoms with Crippen molar-refractivity contribution < 1.29 is 27.4 Å². The maximum Gasteiger partial charge on any atom is 0.416 e. The van der Waals surface area contributed by atoms with Gasteiger partial charge in [-0.2, -0.15) is 13.2 Å². The summed E-state index contributed by atoms with van der Waals surface area (Å²) in [4.78, 5) is 20.7. The number of urea groups is 1. The summed E-state index contributed by atoms with van der Waals surface area (Å²) in [5, 5.41) is 2.78. The molecule has 4 rings (SSSR count). The molecule has 10 heteroatoms. The monoisotopic (exact) mass is 474 g/mol. The normalized spacial score (nSPS) is 15.7. The van der Waals surface area contributed by atoms with Gasteiger partial charge in [0.15, 0.2) is 5.75 Å². The Kier molecular flexibility index (Phi) is 6.67. The Morgan fingerprint density at radius 3 is 2.71 bits per heavy atom. The van der Waals surface area contributed by atoms with Crippen LogP contribution in [0.1, 0.15) is 17.5 Å². The fraction of sp³-hybridized carbons (Fsp3) is 0.333. The van der Waals surface area contributed by atoms with Gasteiger partial charge in [0, 0.05) is 32.7 Å². The SMILES string of the molecule is C=CCNC(=O)N1CCCN(C2=Nc3cc(C(F)(F)F)ccc3Oc3ccc(OC)cc32)CC1. The maximum absolute atomic E-state index is 13.4. The van der Waals surface area contributed by atoms with Gasteiger partial charge in [-0.05, 0) is 42.8 Å². The minimum Gasteiger partial charge on any atom is -0.497 e.